The van der Waals surface area contributed by atoms with Crippen LogP contribution in [-0.2, 0) is 11.2 Å². The van der Waals surface area contributed by atoms with Gasteiger partial charge >= 0.3 is 0 Å². The number of carbonyl (C=O) groups excluding carboxylic acids is 1. The predicted octanol–water partition coefficient (Wildman–Crippen LogP) is 4.17. The van der Waals surface area contributed by atoms with Crippen molar-refractivity contribution in [2.24, 2.45) is 5.92 Å². The van der Waals surface area contributed by atoms with E-state index in [1.165, 1.54) is 23.0 Å². The van der Waals surface area contributed by atoms with Crippen molar-refractivity contribution in [3.63, 3.8) is 0 Å². The van der Waals surface area contributed by atoms with Crippen molar-refractivity contribution in [2.45, 2.75) is 19.3 Å². The molecule has 1 aromatic heterocycles. The van der Waals surface area contributed by atoms with Gasteiger partial charge < -0.3 is 10.0 Å². The number of rotatable bonds is 6. The van der Waals surface area contributed by atoms with Crippen LogP contribution in [0.15, 0.2) is 53.9 Å². The minimum absolute atomic E-state index is 0.0417. The molecule has 1 aliphatic rings. The first-order valence-electron chi connectivity index (χ1n) is 8.47. The van der Waals surface area contributed by atoms with Crippen molar-refractivity contribution >= 4 is 22.9 Å². The molecule has 0 amide bonds. The average molecular weight is 341 g/mol. The minimum Gasteiger partial charge on any atom is -0.506 e. The molecule has 0 bridgehead atoms. The normalized spacial score (nSPS) is 17.1. The highest BCUT2D eigenvalue weighted by atomic mass is 32.1. The molecular weight excluding hydrogens is 318 g/mol. The number of hydrogen-bond donors (Lipinski definition) is 1. The van der Waals surface area contributed by atoms with E-state index in [1.54, 1.807) is 0 Å². The van der Waals surface area contributed by atoms with Gasteiger partial charge in [-0.05, 0) is 49.4 Å². The maximum atomic E-state index is 12.3. The number of piperidine rings is 1. The number of likely N-dealkylation sites (tertiary alicyclic amines) is 1. The van der Waals surface area contributed by atoms with Crippen molar-refractivity contribution in [1.82, 2.24) is 4.90 Å². The molecule has 1 N–H and O–H groups in total. The molecule has 1 aliphatic heterocycles. The van der Waals surface area contributed by atoms with Gasteiger partial charge in [-0.3, -0.25) is 4.79 Å². The second-order valence-corrected chi connectivity index (χ2v) is 7.21. The zero-order chi connectivity index (χ0) is 16.8. The number of aliphatic hydroxyl groups is 1. The van der Waals surface area contributed by atoms with Crippen molar-refractivity contribution in [1.29, 1.82) is 0 Å². The molecule has 0 aliphatic carbocycles. The van der Waals surface area contributed by atoms with E-state index < -0.39 is 0 Å². The zero-order valence-corrected chi connectivity index (χ0v) is 14.5. The molecule has 1 aromatic carbocycles. The highest BCUT2D eigenvalue weighted by Gasteiger charge is 2.24. The molecule has 2 heterocycles. The lowest BCUT2D eigenvalue weighted by atomic mass is 9.92. The first-order valence-corrected chi connectivity index (χ1v) is 9.35. The van der Waals surface area contributed by atoms with Gasteiger partial charge in [0, 0.05) is 18.5 Å². The van der Waals surface area contributed by atoms with Crippen LogP contribution in [0, 0.1) is 5.92 Å². The molecule has 0 unspecified atom stereocenters. The van der Waals surface area contributed by atoms with Crippen molar-refractivity contribution in [3.8, 4) is 0 Å². The highest BCUT2D eigenvalue weighted by molar-refractivity contribution is 7.11. The molecule has 0 saturated carbocycles. The summed E-state index contributed by atoms with van der Waals surface area (Å²) in [6, 6.07) is 14.2. The predicted molar refractivity (Wildman–Crippen MR) is 99.2 cm³/mol. The number of benzene rings is 1. The number of hydrogen-bond acceptors (Lipinski definition) is 4. The molecule has 4 heteroatoms. The summed E-state index contributed by atoms with van der Waals surface area (Å²) in [5.74, 6) is 0.199. The maximum absolute atomic E-state index is 12.3. The number of allylic oxidation sites excluding steroid dienone is 1. The second-order valence-electron chi connectivity index (χ2n) is 6.26. The Morgan fingerprint density at radius 3 is 2.58 bits per heavy atom. The van der Waals surface area contributed by atoms with Crippen LogP contribution in [0.2, 0.25) is 0 Å². The van der Waals surface area contributed by atoms with Crippen LogP contribution in [-0.4, -0.2) is 35.4 Å². The van der Waals surface area contributed by atoms with Crippen molar-refractivity contribution in [3.05, 3.63) is 64.4 Å². The Morgan fingerprint density at radius 1 is 1.17 bits per heavy atom. The number of aliphatic hydroxyl groups excluding tert-OH is 1. The fourth-order valence-corrected chi connectivity index (χ4v) is 3.76. The molecule has 0 radical (unpaired) electrons. The van der Waals surface area contributed by atoms with Crippen molar-refractivity contribution < 1.29 is 9.90 Å². The summed E-state index contributed by atoms with van der Waals surface area (Å²) in [7, 11) is 0. The van der Waals surface area contributed by atoms with Crippen LogP contribution in [0.5, 0.6) is 0 Å². The average Bonchev–Trinajstić information content (AvgIpc) is 3.16. The third kappa shape index (κ3) is 4.56. The molecule has 1 saturated heterocycles. The van der Waals surface area contributed by atoms with E-state index in [0.717, 1.165) is 43.8 Å². The molecular formula is C20H23NO2S. The number of ketones is 1. The minimum atomic E-state index is 0.0417. The topological polar surface area (TPSA) is 40.5 Å². The Morgan fingerprint density at radius 2 is 1.92 bits per heavy atom. The Bertz CT molecular complexity index is 671. The molecule has 24 heavy (non-hydrogen) atoms. The summed E-state index contributed by atoms with van der Waals surface area (Å²) >= 11 is 1.45. The van der Waals surface area contributed by atoms with Gasteiger partial charge in [-0.25, -0.2) is 0 Å². The summed E-state index contributed by atoms with van der Waals surface area (Å²) < 4.78 is 0. The smallest absolute Gasteiger partial charge is 0.162 e. The summed E-state index contributed by atoms with van der Waals surface area (Å²) in [6.07, 6.45) is 4.22. The van der Waals surface area contributed by atoms with E-state index in [0.29, 0.717) is 0 Å². The lowest BCUT2D eigenvalue weighted by molar-refractivity contribution is -0.119. The number of thiophene rings is 1. The quantitative estimate of drug-likeness (QED) is 0.633. The molecule has 126 valence electrons. The van der Waals surface area contributed by atoms with Gasteiger partial charge in [-0.15, -0.1) is 11.3 Å². The van der Waals surface area contributed by atoms with Gasteiger partial charge in [-0.1, -0.05) is 36.4 Å². The number of nitrogens with zero attached hydrogens (tertiary/aromatic N) is 1. The van der Waals surface area contributed by atoms with Crippen LogP contribution >= 0.6 is 11.3 Å². The summed E-state index contributed by atoms with van der Waals surface area (Å²) in [6.45, 7) is 2.95. The van der Waals surface area contributed by atoms with Crippen LogP contribution in [0.25, 0.3) is 5.76 Å². The van der Waals surface area contributed by atoms with Gasteiger partial charge in [0.15, 0.2) is 5.78 Å². The maximum Gasteiger partial charge on any atom is 0.162 e. The van der Waals surface area contributed by atoms with Gasteiger partial charge in [-0.2, -0.15) is 0 Å². The first kappa shape index (κ1) is 16.9. The van der Waals surface area contributed by atoms with Crippen molar-refractivity contribution in [2.75, 3.05) is 19.6 Å². The Labute approximate surface area is 147 Å². The first-order chi connectivity index (χ1) is 11.7. The summed E-state index contributed by atoms with van der Waals surface area (Å²) in [4.78, 5) is 15.5. The van der Waals surface area contributed by atoms with Gasteiger partial charge in [0.05, 0.1) is 4.88 Å². The van der Waals surface area contributed by atoms with Gasteiger partial charge in [0.2, 0.25) is 0 Å². The fourth-order valence-electron chi connectivity index (χ4n) is 3.12. The monoisotopic (exact) mass is 341 g/mol. The van der Waals surface area contributed by atoms with Gasteiger partial charge in [0.1, 0.15) is 5.76 Å². The molecule has 0 spiro atoms. The number of carbonyl (C=O) groups is 1. The summed E-state index contributed by atoms with van der Waals surface area (Å²) in [5, 5.41) is 11.9. The standard InChI is InChI=1S/C20H23NO2S/c22-18(15-19(23)20-7-4-14-24-20)17-9-12-21(13-10-17)11-8-16-5-2-1-3-6-16/h1-7,14-15,17,23H,8-13H2/b19-15-. The third-order valence-electron chi connectivity index (χ3n) is 4.60. The zero-order valence-electron chi connectivity index (χ0n) is 13.7. The van der Waals surface area contributed by atoms with E-state index in [4.69, 9.17) is 0 Å². The molecule has 1 fully saturated rings. The van der Waals surface area contributed by atoms with Crippen LogP contribution < -0.4 is 0 Å². The summed E-state index contributed by atoms with van der Waals surface area (Å²) in [5.41, 5.74) is 1.36. The van der Waals surface area contributed by atoms with E-state index in [2.05, 4.69) is 29.2 Å². The van der Waals surface area contributed by atoms with E-state index in [1.807, 2.05) is 23.6 Å². The largest absolute Gasteiger partial charge is 0.506 e. The van der Waals surface area contributed by atoms with Gasteiger partial charge in [0.25, 0.3) is 0 Å². The SMILES string of the molecule is O=C(/C=C(\O)c1cccs1)C1CCN(CCc2ccccc2)CC1. The third-order valence-corrected chi connectivity index (χ3v) is 5.49. The Hall–Kier alpha value is -1.91. The van der Waals surface area contributed by atoms with Crippen LogP contribution in [0.3, 0.4) is 0 Å². The van der Waals surface area contributed by atoms with Crippen LogP contribution in [0.1, 0.15) is 23.3 Å². The molecule has 3 nitrogen and oxygen atoms in total. The highest BCUT2D eigenvalue weighted by Crippen LogP contribution is 2.22. The lowest BCUT2D eigenvalue weighted by Crippen LogP contribution is -2.37. The Balaban J connectivity index is 1.46. The molecule has 3 rings (SSSR count). The van der Waals surface area contributed by atoms with E-state index in [9.17, 15) is 9.90 Å². The lowest BCUT2D eigenvalue weighted by Gasteiger charge is -2.30. The fraction of sp³-hybridized carbons (Fsp3) is 0.350. The van der Waals surface area contributed by atoms with E-state index in [-0.39, 0.29) is 17.5 Å². The van der Waals surface area contributed by atoms with Crippen LogP contribution in [0.4, 0.5) is 0 Å². The Kier molecular flexibility index (Phi) is 5.83. The molecule has 2 aromatic rings. The second kappa shape index (κ2) is 8.27. The molecule has 0 atom stereocenters. The van der Waals surface area contributed by atoms with E-state index >= 15 is 0 Å².